The third-order valence-corrected chi connectivity index (χ3v) is 1.53. The quantitative estimate of drug-likeness (QED) is 0.613. The molecule has 0 bridgehead atoms. The molecular weight excluding hydrogens is 176 g/mol. The standard InChI is InChI=1S/C7H8N2O4/c10-5(11)3-4(7(12)13)6-8-1-2-9-6/h1-2,4H,3H2,(H,8,9)(H,10,11)(H,12,13). The molecule has 3 N–H and O–H groups in total. The molecule has 0 aliphatic heterocycles. The zero-order valence-corrected chi connectivity index (χ0v) is 6.60. The molecule has 0 aromatic carbocycles. The molecule has 1 aromatic heterocycles. The molecule has 6 heteroatoms. The highest BCUT2D eigenvalue weighted by Crippen LogP contribution is 2.15. The van der Waals surface area contributed by atoms with Gasteiger partial charge in [0.15, 0.2) is 0 Å². The van der Waals surface area contributed by atoms with Gasteiger partial charge in [0.25, 0.3) is 0 Å². The van der Waals surface area contributed by atoms with Gasteiger partial charge in [0.2, 0.25) is 0 Å². The lowest BCUT2D eigenvalue weighted by molar-refractivity contribution is -0.145. The third kappa shape index (κ3) is 2.29. The predicted octanol–water partition coefficient (Wildman–Crippen LogP) is 0.0526. The molecule has 13 heavy (non-hydrogen) atoms. The summed E-state index contributed by atoms with van der Waals surface area (Å²) in [4.78, 5) is 27.2. The van der Waals surface area contributed by atoms with Crippen molar-refractivity contribution in [3.63, 3.8) is 0 Å². The van der Waals surface area contributed by atoms with Gasteiger partial charge in [-0.3, -0.25) is 9.59 Å². The zero-order valence-electron chi connectivity index (χ0n) is 6.60. The van der Waals surface area contributed by atoms with Gasteiger partial charge in [-0.05, 0) is 0 Å². The average molecular weight is 184 g/mol. The Bertz CT molecular complexity index is 306. The number of rotatable bonds is 4. The Morgan fingerprint density at radius 1 is 1.54 bits per heavy atom. The number of carboxylic acid groups (broad SMARTS) is 2. The smallest absolute Gasteiger partial charge is 0.314 e. The van der Waals surface area contributed by atoms with Gasteiger partial charge in [-0.1, -0.05) is 0 Å². The second-order valence-electron chi connectivity index (χ2n) is 2.46. The maximum atomic E-state index is 10.6. The van der Waals surface area contributed by atoms with Crippen molar-refractivity contribution in [1.82, 2.24) is 9.97 Å². The first-order chi connectivity index (χ1) is 6.11. The summed E-state index contributed by atoms with van der Waals surface area (Å²) in [5.41, 5.74) is 0. The van der Waals surface area contributed by atoms with Gasteiger partial charge in [-0.25, -0.2) is 4.98 Å². The molecule has 0 fully saturated rings. The molecule has 1 atom stereocenters. The Hall–Kier alpha value is -1.85. The van der Waals surface area contributed by atoms with E-state index in [0.717, 1.165) is 0 Å². The second-order valence-corrected chi connectivity index (χ2v) is 2.46. The minimum Gasteiger partial charge on any atom is -0.481 e. The number of hydrogen-bond acceptors (Lipinski definition) is 3. The number of aromatic nitrogens is 2. The Balaban J connectivity index is 2.81. The first kappa shape index (κ1) is 9.24. The summed E-state index contributed by atoms with van der Waals surface area (Å²) in [5.74, 6) is -3.30. The SMILES string of the molecule is O=C(O)CC(C(=O)O)c1ncc[nH]1. The molecular formula is C7H8N2O4. The highest BCUT2D eigenvalue weighted by atomic mass is 16.4. The van der Waals surface area contributed by atoms with Gasteiger partial charge < -0.3 is 15.2 Å². The van der Waals surface area contributed by atoms with Gasteiger partial charge in [0.05, 0.1) is 6.42 Å². The molecule has 1 unspecified atom stereocenters. The molecule has 1 aromatic rings. The fraction of sp³-hybridized carbons (Fsp3) is 0.286. The van der Waals surface area contributed by atoms with Crippen LogP contribution in [-0.2, 0) is 9.59 Å². The lowest BCUT2D eigenvalue weighted by Gasteiger charge is -2.05. The molecule has 0 aliphatic carbocycles. The van der Waals surface area contributed by atoms with Crippen molar-refractivity contribution < 1.29 is 19.8 Å². The van der Waals surface area contributed by atoms with Crippen molar-refractivity contribution in [2.75, 3.05) is 0 Å². The van der Waals surface area contributed by atoms with Crippen molar-refractivity contribution in [2.45, 2.75) is 12.3 Å². The Kier molecular flexibility index (Phi) is 2.63. The van der Waals surface area contributed by atoms with E-state index < -0.39 is 24.3 Å². The van der Waals surface area contributed by atoms with Crippen LogP contribution in [0.1, 0.15) is 18.2 Å². The van der Waals surface area contributed by atoms with Crippen molar-refractivity contribution >= 4 is 11.9 Å². The van der Waals surface area contributed by atoms with E-state index in [9.17, 15) is 9.59 Å². The van der Waals surface area contributed by atoms with E-state index in [1.54, 1.807) is 0 Å². The minimum atomic E-state index is -1.20. The topological polar surface area (TPSA) is 103 Å². The molecule has 0 saturated heterocycles. The highest BCUT2D eigenvalue weighted by molar-refractivity contribution is 5.81. The van der Waals surface area contributed by atoms with E-state index in [0.29, 0.717) is 0 Å². The van der Waals surface area contributed by atoms with Crippen molar-refractivity contribution in [3.8, 4) is 0 Å². The number of H-pyrrole nitrogens is 1. The van der Waals surface area contributed by atoms with Crippen LogP contribution in [-0.4, -0.2) is 32.1 Å². The number of carboxylic acids is 2. The van der Waals surface area contributed by atoms with E-state index in [-0.39, 0.29) is 5.82 Å². The van der Waals surface area contributed by atoms with Crippen LogP contribution in [0.3, 0.4) is 0 Å². The van der Waals surface area contributed by atoms with Crippen LogP contribution in [0.25, 0.3) is 0 Å². The van der Waals surface area contributed by atoms with Crippen LogP contribution in [0.2, 0.25) is 0 Å². The van der Waals surface area contributed by atoms with Gasteiger partial charge >= 0.3 is 11.9 Å². The second kappa shape index (κ2) is 3.70. The third-order valence-electron chi connectivity index (χ3n) is 1.53. The van der Waals surface area contributed by atoms with Gasteiger partial charge in [0.1, 0.15) is 11.7 Å². The monoisotopic (exact) mass is 184 g/mol. The maximum absolute atomic E-state index is 10.6. The fourth-order valence-corrected chi connectivity index (χ4v) is 0.944. The van der Waals surface area contributed by atoms with Crippen LogP contribution >= 0.6 is 0 Å². The number of nitrogens with zero attached hydrogens (tertiary/aromatic N) is 1. The van der Waals surface area contributed by atoms with Gasteiger partial charge in [-0.15, -0.1) is 0 Å². The number of carbonyl (C=O) groups is 2. The number of hydrogen-bond donors (Lipinski definition) is 3. The van der Waals surface area contributed by atoms with Crippen LogP contribution in [0, 0.1) is 0 Å². The lowest BCUT2D eigenvalue weighted by atomic mass is 10.1. The highest BCUT2D eigenvalue weighted by Gasteiger charge is 2.24. The summed E-state index contributed by atoms with van der Waals surface area (Å²) in [6, 6.07) is 0. The van der Waals surface area contributed by atoms with Crippen molar-refractivity contribution in [1.29, 1.82) is 0 Å². The minimum absolute atomic E-state index is 0.162. The molecule has 0 saturated carbocycles. The Morgan fingerprint density at radius 3 is 2.62 bits per heavy atom. The van der Waals surface area contributed by atoms with Crippen molar-refractivity contribution in [3.05, 3.63) is 18.2 Å². The van der Waals surface area contributed by atoms with Crippen LogP contribution in [0.4, 0.5) is 0 Å². The maximum Gasteiger partial charge on any atom is 0.314 e. The number of aliphatic carboxylic acids is 2. The molecule has 0 radical (unpaired) electrons. The average Bonchev–Trinajstić information content (AvgIpc) is 2.50. The van der Waals surface area contributed by atoms with E-state index >= 15 is 0 Å². The summed E-state index contributed by atoms with van der Waals surface area (Å²) in [6.07, 6.45) is 2.36. The molecule has 70 valence electrons. The molecule has 1 heterocycles. The van der Waals surface area contributed by atoms with Crippen LogP contribution in [0.5, 0.6) is 0 Å². The van der Waals surface area contributed by atoms with E-state index in [4.69, 9.17) is 10.2 Å². The zero-order chi connectivity index (χ0) is 9.84. The van der Waals surface area contributed by atoms with Crippen molar-refractivity contribution in [2.24, 2.45) is 0 Å². The first-order valence-electron chi connectivity index (χ1n) is 3.55. The summed E-state index contributed by atoms with van der Waals surface area (Å²) >= 11 is 0. The number of nitrogens with one attached hydrogen (secondary N) is 1. The van der Waals surface area contributed by atoms with Gasteiger partial charge in [-0.2, -0.15) is 0 Å². The molecule has 0 spiro atoms. The molecule has 1 rings (SSSR count). The predicted molar refractivity (Wildman–Crippen MR) is 41.2 cm³/mol. The Labute approximate surface area is 73.2 Å². The molecule has 0 amide bonds. The molecule has 6 nitrogen and oxygen atoms in total. The first-order valence-corrected chi connectivity index (χ1v) is 3.55. The fourth-order valence-electron chi connectivity index (χ4n) is 0.944. The van der Waals surface area contributed by atoms with Crippen LogP contribution in [0.15, 0.2) is 12.4 Å². The lowest BCUT2D eigenvalue weighted by Crippen LogP contribution is -2.17. The largest absolute Gasteiger partial charge is 0.481 e. The summed E-state index contributed by atoms with van der Waals surface area (Å²) in [5, 5.41) is 17.1. The van der Waals surface area contributed by atoms with E-state index in [2.05, 4.69) is 9.97 Å². The normalized spacial score (nSPS) is 12.3. The van der Waals surface area contributed by atoms with E-state index in [1.165, 1.54) is 12.4 Å². The number of imidazole rings is 1. The summed E-state index contributed by atoms with van der Waals surface area (Å²) in [6.45, 7) is 0. The van der Waals surface area contributed by atoms with E-state index in [1.807, 2.05) is 0 Å². The van der Waals surface area contributed by atoms with Gasteiger partial charge in [0, 0.05) is 12.4 Å². The Morgan fingerprint density at radius 2 is 2.23 bits per heavy atom. The summed E-state index contributed by atoms with van der Waals surface area (Å²) < 4.78 is 0. The number of aromatic amines is 1. The van der Waals surface area contributed by atoms with Crippen LogP contribution < -0.4 is 0 Å². The summed E-state index contributed by atoms with van der Waals surface area (Å²) in [7, 11) is 0. The molecule has 0 aliphatic rings.